The molecule has 0 aromatic heterocycles. The van der Waals surface area contributed by atoms with Gasteiger partial charge in [0.05, 0.1) is 12.3 Å². The monoisotopic (exact) mass is 585 g/mol. The Balaban J connectivity index is 1.56. The van der Waals surface area contributed by atoms with Gasteiger partial charge in [-0.25, -0.2) is 18.6 Å². The van der Waals surface area contributed by atoms with Crippen LogP contribution in [0, 0.1) is 17.0 Å². The number of hydrogen-bond donors (Lipinski definition) is 3. The zero-order chi connectivity index (χ0) is 30.7. The molecule has 2 aromatic carbocycles. The molecular formula is C29H33F2N5O6. The summed E-state index contributed by atoms with van der Waals surface area (Å²) in [4.78, 5) is 53.2. The lowest BCUT2D eigenvalue weighted by Gasteiger charge is -2.41. The predicted molar refractivity (Wildman–Crippen MR) is 148 cm³/mol. The molecule has 2 aliphatic heterocycles. The van der Waals surface area contributed by atoms with Gasteiger partial charge in [-0.05, 0) is 38.0 Å². The summed E-state index contributed by atoms with van der Waals surface area (Å²) in [6.07, 6.45) is -0.837. The van der Waals surface area contributed by atoms with E-state index >= 15 is 0 Å². The zero-order valence-electron chi connectivity index (χ0n) is 23.5. The van der Waals surface area contributed by atoms with E-state index in [1.165, 1.54) is 29.8 Å². The van der Waals surface area contributed by atoms with E-state index in [9.17, 15) is 28.0 Å². The Morgan fingerprint density at radius 2 is 1.86 bits per heavy atom. The molecule has 0 unspecified atom stereocenters. The number of nitrogens with zero attached hydrogens (tertiary/aromatic N) is 3. The SMILES string of the molecule is CN1N=C2CCN(C(=O)[C@@H](CCOc3ccc(F)c(F)c3)NC(=O)C(C)(C)NC(=O)O)C[C@@]2(Cc2ccccc2)C1=O. The van der Waals surface area contributed by atoms with Gasteiger partial charge in [-0.15, -0.1) is 0 Å². The number of piperidine rings is 1. The fraction of sp³-hybridized carbons (Fsp3) is 0.414. The number of hydrogen-bond acceptors (Lipinski definition) is 6. The maximum Gasteiger partial charge on any atom is 0.405 e. The number of ether oxygens (including phenoxy) is 1. The van der Waals surface area contributed by atoms with Crippen molar-refractivity contribution in [3.05, 3.63) is 65.7 Å². The van der Waals surface area contributed by atoms with Crippen LogP contribution in [-0.4, -0.2) is 82.9 Å². The highest BCUT2D eigenvalue weighted by molar-refractivity contribution is 6.13. The Hall–Kier alpha value is -4.55. The lowest BCUT2D eigenvalue weighted by molar-refractivity contribution is -0.142. The van der Waals surface area contributed by atoms with Crippen molar-refractivity contribution < 1.29 is 37.8 Å². The molecule has 0 bridgehead atoms. The number of rotatable bonds is 10. The van der Waals surface area contributed by atoms with Crippen LogP contribution in [0.2, 0.25) is 0 Å². The number of likely N-dealkylation sites (tertiary alicyclic amines) is 1. The van der Waals surface area contributed by atoms with E-state index in [-0.39, 0.29) is 37.8 Å². The lowest BCUT2D eigenvalue weighted by atomic mass is 9.73. The van der Waals surface area contributed by atoms with E-state index in [4.69, 9.17) is 9.84 Å². The zero-order valence-corrected chi connectivity index (χ0v) is 23.5. The second kappa shape index (κ2) is 12.1. The number of amides is 4. The van der Waals surface area contributed by atoms with Gasteiger partial charge < -0.3 is 25.4 Å². The van der Waals surface area contributed by atoms with Crippen molar-refractivity contribution in [1.29, 1.82) is 0 Å². The second-order valence-electron chi connectivity index (χ2n) is 10.9. The van der Waals surface area contributed by atoms with Gasteiger partial charge in [-0.1, -0.05) is 30.3 Å². The molecule has 1 fully saturated rings. The summed E-state index contributed by atoms with van der Waals surface area (Å²) < 4.78 is 32.5. The second-order valence-corrected chi connectivity index (χ2v) is 10.9. The van der Waals surface area contributed by atoms with Crippen molar-refractivity contribution in [3.8, 4) is 5.75 Å². The van der Waals surface area contributed by atoms with E-state index < -0.39 is 46.5 Å². The van der Waals surface area contributed by atoms with Crippen LogP contribution in [0.4, 0.5) is 13.6 Å². The summed E-state index contributed by atoms with van der Waals surface area (Å²) >= 11 is 0. The summed E-state index contributed by atoms with van der Waals surface area (Å²) in [7, 11) is 1.57. The minimum absolute atomic E-state index is 0.0237. The number of carbonyl (C=O) groups excluding carboxylic acids is 3. The molecule has 0 radical (unpaired) electrons. The molecular weight excluding hydrogens is 552 g/mol. The van der Waals surface area contributed by atoms with Crippen molar-refractivity contribution in [1.82, 2.24) is 20.5 Å². The van der Waals surface area contributed by atoms with Crippen LogP contribution in [-0.2, 0) is 20.8 Å². The summed E-state index contributed by atoms with van der Waals surface area (Å²) in [6.45, 7) is 2.80. The number of hydrazone groups is 1. The fourth-order valence-electron chi connectivity index (χ4n) is 5.22. The minimum atomic E-state index is -1.58. The first-order chi connectivity index (χ1) is 19.8. The largest absolute Gasteiger partial charge is 0.493 e. The summed E-state index contributed by atoms with van der Waals surface area (Å²) in [5, 5.41) is 19.6. The van der Waals surface area contributed by atoms with Crippen molar-refractivity contribution in [2.75, 3.05) is 26.7 Å². The lowest BCUT2D eigenvalue weighted by Crippen LogP contribution is -2.62. The minimum Gasteiger partial charge on any atom is -0.493 e. The third-order valence-corrected chi connectivity index (χ3v) is 7.42. The van der Waals surface area contributed by atoms with E-state index in [1.54, 1.807) is 7.05 Å². The average molecular weight is 586 g/mol. The highest BCUT2D eigenvalue weighted by Gasteiger charge is 2.54. The van der Waals surface area contributed by atoms with Crippen molar-refractivity contribution in [2.45, 2.75) is 44.7 Å². The van der Waals surface area contributed by atoms with Gasteiger partial charge in [0.2, 0.25) is 11.8 Å². The molecule has 2 aliphatic rings. The van der Waals surface area contributed by atoms with Gasteiger partial charge in [0.15, 0.2) is 11.6 Å². The van der Waals surface area contributed by atoms with Gasteiger partial charge in [0.1, 0.15) is 22.7 Å². The molecule has 0 aliphatic carbocycles. The normalized spacial score (nSPS) is 19.1. The molecule has 0 spiro atoms. The number of carbonyl (C=O) groups is 4. The molecule has 4 amide bonds. The van der Waals surface area contributed by atoms with Crippen LogP contribution in [0.5, 0.6) is 5.75 Å². The summed E-state index contributed by atoms with van der Waals surface area (Å²) in [5.41, 5.74) is -1.08. The Morgan fingerprint density at radius 3 is 2.52 bits per heavy atom. The quantitative estimate of drug-likeness (QED) is 0.392. The Labute approximate surface area is 241 Å². The van der Waals surface area contributed by atoms with E-state index in [1.807, 2.05) is 30.3 Å². The first-order valence-corrected chi connectivity index (χ1v) is 13.4. The number of halogens is 2. The number of carboxylic acid groups (broad SMARTS) is 1. The Morgan fingerprint density at radius 1 is 1.14 bits per heavy atom. The van der Waals surface area contributed by atoms with Gasteiger partial charge in [-0.2, -0.15) is 5.10 Å². The molecule has 224 valence electrons. The predicted octanol–water partition coefficient (Wildman–Crippen LogP) is 2.55. The van der Waals surface area contributed by atoms with Gasteiger partial charge in [0.25, 0.3) is 5.91 Å². The molecule has 2 heterocycles. The fourth-order valence-corrected chi connectivity index (χ4v) is 5.22. The highest BCUT2D eigenvalue weighted by atomic mass is 19.2. The van der Waals surface area contributed by atoms with Crippen LogP contribution >= 0.6 is 0 Å². The smallest absolute Gasteiger partial charge is 0.405 e. The third kappa shape index (κ3) is 6.50. The van der Waals surface area contributed by atoms with Crippen LogP contribution < -0.4 is 15.4 Å². The molecule has 2 atom stereocenters. The van der Waals surface area contributed by atoms with Gasteiger partial charge in [0, 0.05) is 39.0 Å². The molecule has 3 N–H and O–H groups in total. The summed E-state index contributed by atoms with van der Waals surface area (Å²) in [6, 6.07) is 11.2. The van der Waals surface area contributed by atoms with Gasteiger partial charge in [-0.3, -0.25) is 14.4 Å². The topological polar surface area (TPSA) is 141 Å². The Bertz CT molecular complexity index is 1400. The van der Waals surface area contributed by atoms with Crippen molar-refractivity contribution in [2.24, 2.45) is 10.5 Å². The third-order valence-electron chi connectivity index (χ3n) is 7.42. The van der Waals surface area contributed by atoms with E-state index in [2.05, 4.69) is 15.7 Å². The molecule has 0 saturated carbocycles. The van der Waals surface area contributed by atoms with Crippen molar-refractivity contribution >= 4 is 29.5 Å². The van der Waals surface area contributed by atoms with E-state index in [0.717, 1.165) is 17.7 Å². The molecule has 4 rings (SSSR count). The first-order valence-electron chi connectivity index (χ1n) is 13.4. The molecule has 11 nitrogen and oxygen atoms in total. The van der Waals surface area contributed by atoms with Crippen molar-refractivity contribution in [3.63, 3.8) is 0 Å². The number of fused-ring (bicyclic) bond motifs is 1. The molecule has 42 heavy (non-hydrogen) atoms. The Kier molecular flexibility index (Phi) is 8.78. The molecule has 1 saturated heterocycles. The first kappa shape index (κ1) is 30.4. The molecule has 13 heteroatoms. The summed E-state index contributed by atoms with van der Waals surface area (Å²) in [5.74, 6) is -3.62. The number of nitrogens with one attached hydrogen (secondary N) is 2. The van der Waals surface area contributed by atoms with Gasteiger partial charge >= 0.3 is 6.09 Å². The maximum atomic E-state index is 13.9. The standard InChI is InChI=1S/C29H33F2N5O6/c1-28(2,33-27(40)41)25(38)32-22(12-14-42-19-9-10-20(30)21(31)15-19)24(37)36-13-11-23-29(17-36,26(39)35(3)34-23)16-18-7-5-4-6-8-18/h4-10,15,22,33H,11-14,16-17H2,1-3H3,(H,32,38)(H,40,41)/t22-,29-/m1/s1. The number of benzene rings is 2. The average Bonchev–Trinajstić information content (AvgIpc) is 3.18. The van der Waals surface area contributed by atoms with Crippen LogP contribution in [0.1, 0.15) is 32.3 Å². The van der Waals surface area contributed by atoms with Crippen LogP contribution in [0.25, 0.3) is 0 Å². The van der Waals surface area contributed by atoms with E-state index in [0.29, 0.717) is 18.6 Å². The van der Waals surface area contributed by atoms with Crippen LogP contribution in [0.3, 0.4) is 0 Å². The van der Waals surface area contributed by atoms with Crippen LogP contribution in [0.15, 0.2) is 53.6 Å². The molecule has 2 aromatic rings. The highest BCUT2D eigenvalue weighted by Crippen LogP contribution is 2.38. The maximum absolute atomic E-state index is 13.9.